The number of carbonyl (C=O) groups is 2. The molecule has 30 heavy (non-hydrogen) atoms. The van der Waals surface area contributed by atoms with Crippen molar-refractivity contribution in [3.63, 3.8) is 0 Å². The lowest BCUT2D eigenvalue weighted by Crippen LogP contribution is -2.12. The molecule has 0 N–H and O–H groups in total. The summed E-state index contributed by atoms with van der Waals surface area (Å²) in [5, 5.41) is 0. The minimum Gasteiger partial charge on any atom is -0.489 e. The molecule has 0 spiro atoms. The molecule has 0 unspecified atom stereocenters. The molecule has 0 atom stereocenters. The lowest BCUT2D eigenvalue weighted by molar-refractivity contribution is -0.139. The summed E-state index contributed by atoms with van der Waals surface area (Å²) in [5.74, 6) is 0.00672. The standard InChI is InChI=1S/C25H24O5/c1-18-13-24(30-17-20-11-7-4-8-12-20)21(22(26)15-25(27)28-2)14-23(18)29-16-19-9-5-3-6-10-19/h3-14H,15-17H2,1-2H3. The lowest BCUT2D eigenvalue weighted by atomic mass is 10.0. The van der Waals surface area contributed by atoms with Crippen LogP contribution in [-0.4, -0.2) is 18.9 Å². The Morgan fingerprint density at radius 1 is 0.767 bits per heavy atom. The maximum absolute atomic E-state index is 12.7. The minimum atomic E-state index is -0.596. The van der Waals surface area contributed by atoms with Crippen LogP contribution in [0.25, 0.3) is 0 Å². The molecular weight excluding hydrogens is 380 g/mol. The molecule has 5 nitrogen and oxygen atoms in total. The second kappa shape index (κ2) is 10.3. The topological polar surface area (TPSA) is 61.8 Å². The van der Waals surface area contributed by atoms with Crippen molar-refractivity contribution < 1.29 is 23.8 Å². The molecule has 0 aliphatic rings. The van der Waals surface area contributed by atoms with Crippen LogP contribution >= 0.6 is 0 Å². The van der Waals surface area contributed by atoms with Crippen molar-refractivity contribution in [3.05, 3.63) is 95.1 Å². The van der Waals surface area contributed by atoms with Gasteiger partial charge in [0.1, 0.15) is 31.1 Å². The summed E-state index contributed by atoms with van der Waals surface area (Å²) in [7, 11) is 1.26. The molecule has 3 aromatic carbocycles. The third kappa shape index (κ3) is 5.70. The van der Waals surface area contributed by atoms with E-state index in [0.717, 1.165) is 16.7 Å². The van der Waals surface area contributed by atoms with Gasteiger partial charge < -0.3 is 14.2 Å². The number of carbonyl (C=O) groups excluding carboxylic acids is 2. The summed E-state index contributed by atoms with van der Waals surface area (Å²) in [4.78, 5) is 24.4. The fourth-order valence-electron chi connectivity index (χ4n) is 2.92. The number of rotatable bonds is 9. The van der Waals surface area contributed by atoms with Gasteiger partial charge in [-0.2, -0.15) is 0 Å². The van der Waals surface area contributed by atoms with Gasteiger partial charge in [0, 0.05) is 0 Å². The van der Waals surface area contributed by atoms with Gasteiger partial charge in [0.05, 0.1) is 12.7 Å². The summed E-state index contributed by atoms with van der Waals surface area (Å²) in [6.45, 7) is 2.57. The highest BCUT2D eigenvalue weighted by Crippen LogP contribution is 2.31. The summed E-state index contributed by atoms with van der Waals surface area (Å²) >= 11 is 0. The Balaban J connectivity index is 1.85. The number of benzene rings is 3. The zero-order chi connectivity index (χ0) is 21.3. The Morgan fingerprint density at radius 3 is 1.83 bits per heavy atom. The predicted octanol–water partition coefficient (Wildman–Crippen LogP) is 4.90. The van der Waals surface area contributed by atoms with Crippen molar-refractivity contribution in [2.75, 3.05) is 7.11 Å². The second-order valence-electron chi connectivity index (χ2n) is 6.84. The zero-order valence-corrected chi connectivity index (χ0v) is 17.1. The number of methoxy groups -OCH3 is 1. The molecule has 0 heterocycles. The molecule has 0 saturated carbocycles. The highest BCUT2D eigenvalue weighted by Gasteiger charge is 2.20. The van der Waals surface area contributed by atoms with Gasteiger partial charge in [-0.25, -0.2) is 0 Å². The van der Waals surface area contributed by atoms with Gasteiger partial charge in [-0.3, -0.25) is 9.59 Å². The van der Waals surface area contributed by atoms with Crippen LogP contribution in [0.1, 0.15) is 33.5 Å². The number of hydrogen-bond acceptors (Lipinski definition) is 5. The highest BCUT2D eigenvalue weighted by molar-refractivity contribution is 6.07. The first-order valence-corrected chi connectivity index (χ1v) is 9.65. The Kier molecular flexibility index (Phi) is 7.22. The van der Waals surface area contributed by atoms with Crippen LogP contribution in [0.15, 0.2) is 72.8 Å². The quantitative estimate of drug-likeness (QED) is 0.288. The molecule has 0 aromatic heterocycles. The summed E-state index contributed by atoms with van der Waals surface area (Å²) in [6.07, 6.45) is -0.362. The number of Topliss-reactive ketones (excluding diaryl/α,β-unsaturated/α-hetero) is 1. The first kappa shape index (κ1) is 21.1. The summed E-state index contributed by atoms with van der Waals surface area (Å²) < 4.78 is 16.5. The van der Waals surface area contributed by atoms with Crippen molar-refractivity contribution in [3.8, 4) is 11.5 Å². The van der Waals surface area contributed by atoms with Gasteiger partial charge in [0.25, 0.3) is 0 Å². The van der Waals surface area contributed by atoms with Crippen LogP contribution in [-0.2, 0) is 22.7 Å². The number of ether oxygens (including phenoxy) is 3. The van der Waals surface area contributed by atoms with Crippen molar-refractivity contribution in [1.29, 1.82) is 0 Å². The van der Waals surface area contributed by atoms with Crippen molar-refractivity contribution in [2.45, 2.75) is 26.6 Å². The molecule has 0 saturated heterocycles. The Hall–Kier alpha value is -3.60. The molecule has 5 heteroatoms. The molecule has 0 radical (unpaired) electrons. The van der Waals surface area contributed by atoms with Crippen LogP contribution in [0.2, 0.25) is 0 Å². The zero-order valence-electron chi connectivity index (χ0n) is 17.1. The Labute approximate surface area is 176 Å². The van der Waals surface area contributed by atoms with Gasteiger partial charge in [0.2, 0.25) is 0 Å². The maximum atomic E-state index is 12.7. The SMILES string of the molecule is COC(=O)CC(=O)c1cc(OCc2ccccc2)c(C)cc1OCc1ccccc1. The minimum absolute atomic E-state index is 0.296. The molecule has 0 aliphatic carbocycles. The van der Waals surface area contributed by atoms with Crippen LogP contribution < -0.4 is 9.47 Å². The van der Waals surface area contributed by atoms with E-state index < -0.39 is 5.97 Å². The molecule has 3 rings (SSSR count). The fourth-order valence-corrected chi connectivity index (χ4v) is 2.92. The Morgan fingerprint density at radius 2 is 1.30 bits per heavy atom. The van der Waals surface area contributed by atoms with Crippen molar-refractivity contribution in [1.82, 2.24) is 0 Å². The van der Waals surface area contributed by atoms with E-state index in [9.17, 15) is 9.59 Å². The van der Waals surface area contributed by atoms with E-state index in [-0.39, 0.29) is 12.2 Å². The fraction of sp³-hybridized carbons (Fsp3) is 0.200. The van der Waals surface area contributed by atoms with Gasteiger partial charge in [-0.05, 0) is 35.7 Å². The Bertz CT molecular complexity index is 997. The van der Waals surface area contributed by atoms with Gasteiger partial charge in [0.15, 0.2) is 5.78 Å². The van der Waals surface area contributed by atoms with Gasteiger partial charge in [-0.15, -0.1) is 0 Å². The molecule has 154 valence electrons. The van der Waals surface area contributed by atoms with Crippen molar-refractivity contribution in [2.24, 2.45) is 0 Å². The van der Waals surface area contributed by atoms with E-state index in [0.29, 0.717) is 30.3 Å². The van der Waals surface area contributed by atoms with E-state index in [1.54, 1.807) is 12.1 Å². The van der Waals surface area contributed by atoms with E-state index in [1.807, 2.05) is 67.6 Å². The lowest BCUT2D eigenvalue weighted by Gasteiger charge is -2.16. The van der Waals surface area contributed by atoms with E-state index in [1.165, 1.54) is 7.11 Å². The van der Waals surface area contributed by atoms with Crippen LogP contribution in [0.3, 0.4) is 0 Å². The molecule has 0 fully saturated rings. The maximum Gasteiger partial charge on any atom is 0.313 e. The third-order valence-corrected chi connectivity index (χ3v) is 4.58. The average molecular weight is 404 g/mol. The molecule has 0 aliphatic heterocycles. The molecule has 0 bridgehead atoms. The van der Waals surface area contributed by atoms with E-state index in [4.69, 9.17) is 9.47 Å². The third-order valence-electron chi connectivity index (χ3n) is 4.58. The first-order chi connectivity index (χ1) is 14.6. The van der Waals surface area contributed by atoms with Crippen LogP contribution in [0, 0.1) is 6.92 Å². The van der Waals surface area contributed by atoms with Crippen molar-refractivity contribution >= 4 is 11.8 Å². The first-order valence-electron chi connectivity index (χ1n) is 9.65. The second-order valence-corrected chi connectivity index (χ2v) is 6.84. The summed E-state index contributed by atoms with van der Waals surface area (Å²) in [6, 6.07) is 22.8. The monoisotopic (exact) mass is 404 g/mol. The highest BCUT2D eigenvalue weighted by atomic mass is 16.5. The molecule has 3 aromatic rings. The average Bonchev–Trinajstić information content (AvgIpc) is 2.78. The summed E-state index contributed by atoms with van der Waals surface area (Å²) in [5.41, 5.74) is 3.13. The van der Waals surface area contributed by atoms with E-state index >= 15 is 0 Å². The predicted molar refractivity (Wildman–Crippen MR) is 114 cm³/mol. The van der Waals surface area contributed by atoms with Gasteiger partial charge >= 0.3 is 5.97 Å². The smallest absolute Gasteiger partial charge is 0.313 e. The van der Waals surface area contributed by atoms with Crippen LogP contribution in [0.5, 0.6) is 11.5 Å². The van der Waals surface area contributed by atoms with E-state index in [2.05, 4.69) is 4.74 Å². The number of hydrogen-bond donors (Lipinski definition) is 0. The number of esters is 1. The molecule has 0 amide bonds. The number of ketones is 1. The van der Waals surface area contributed by atoms with Gasteiger partial charge in [-0.1, -0.05) is 60.7 Å². The largest absolute Gasteiger partial charge is 0.489 e. The molecular formula is C25H24O5. The number of aryl methyl sites for hydroxylation is 1. The van der Waals surface area contributed by atoms with Crippen LogP contribution in [0.4, 0.5) is 0 Å². The normalized spacial score (nSPS) is 10.3.